The molecular weight excluding hydrogens is 536 g/mol. The fraction of sp³-hybridized carbons (Fsp3) is 0.161. The SMILES string of the molecule is CCOC(=O)c1ccc(C(=O)Nc2cc(Nc3ncc4cccc(-c5cnc(OC)nc5OC)c4n3)ccc2C)cc1. The number of nitrogens with zero attached hydrogens (tertiary/aromatic N) is 4. The van der Waals surface area contributed by atoms with Gasteiger partial charge in [-0.05, 0) is 55.8 Å². The standard InChI is InChI=1S/C31H28N6O5/c1-5-42-29(39)20-12-10-19(11-13-20)27(38)35-25-15-22(14-9-18(25)2)34-30-32-16-21-7-6-8-23(26(21)36-30)24-17-33-31(41-4)37-28(24)40-3/h6-17H,5H2,1-4H3,(H,35,38)(H,32,34,36). The Hall–Kier alpha value is -5.58. The Bertz CT molecular complexity index is 1770. The minimum absolute atomic E-state index is 0.198. The van der Waals surface area contributed by atoms with Gasteiger partial charge in [0.1, 0.15) is 0 Å². The average molecular weight is 565 g/mol. The van der Waals surface area contributed by atoms with E-state index in [1.807, 2.05) is 37.3 Å². The predicted octanol–water partition coefficient (Wildman–Crippen LogP) is 5.59. The number of benzene rings is 3. The first-order valence-electron chi connectivity index (χ1n) is 13.1. The molecule has 212 valence electrons. The van der Waals surface area contributed by atoms with E-state index < -0.39 is 5.97 Å². The molecule has 0 aliphatic carbocycles. The number of esters is 1. The maximum atomic E-state index is 13.0. The maximum Gasteiger partial charge on any atom is 0.338 e. The van der Waals surface area contributed by atoms with Gasteiger partial charge in [-0.2, -0.15) is 4.98 Å². The molecule has 0 saturated carbocycles. The summed E-state index contributed by atoms with van der Waals surface area (Å²) in [5.74, 6) is -0.0255. The van der Waals surface area contributed by atoms with E-state index in [9.17, 15) is 9.59 Å². The first kappa shape index (κ1) is 28.0. The van der Waals surface area contributed by atoms with Gasteiger partial charge in [0.25, 0.3) is 5.91 Å². The number of carbonyl (C=O) groups is 2. The topological polar surface area (TPSA) is 137 Å². The van der Waals surface area contributed by atoms with Crippen LogP contribution >= 0.6 is 0 Å². The molecule has 42 heavy (non-hydrogen) atoms. The van der Waals surface area contributed by atoms with Gasteiger partial charge in [0.2, 0.25) is 11.8 Å². The lowest BCUT2D eigenvalue weighted by atomic mass is 10.1. The number of amides is 1. The highest BCUT2D eigenvalue weighted by molar-refractivity contribution is 6.05. The number of nitrogens with one attached hydrogen (secondary N) is 2. The highest BCUT2D eigenvalue weighted by Gasteiger charge is 2.16. The Morgan fingerprint density at radius 1 is 0.857 bits per heavy atom. The lowest BCUT2D eigenvalue weighted by molar-refractivity contribution is 0.0526. The van der Waals surface area contributed by atoms with Crippen molar-refractivity contribution in [2.75, 3.05) is 31.5 Å². The van der Waals surface area contributed by atoms with Gasteiger partial charge in [-0.3, -0.25) is 4.79 Å². The first-order chi connectivity index (χ1) is 20.4. The van der Waals surface area contributed by atoms with Crippen LogP contribution in [0.5, 0.6) is 11.9 Å². The molecule has 0 bridgehead atoms. The van der Waals surface area contributed by atoms with Crippen molar-refractivity contribution >= 4 is 40.1 Å². The van der Waals surface area contributed by atoms with E-state index in [0.29, 0.717) is 45.4 Å². The van der Waals surface area contributed by atoms with E-state index in [1.165, 1.54) is 14.2 Å². The number of ether oxygens (including phenoxy) is 3. The zero-order valence-electron chi connectivity index (χ0n) is 23.5. The van der Waals surface area contributed by atoms with Gasteiger partial charge in [-0.25, -0.2) is 19.7 Å². The van der Waals surface area contributed by atoms with Crippen molar-refractivity contribution in [1.82, 2.24) is 19.9 Å². The fourth-order valence-corrected chi connectivity index (χ4v) is 4.25. The van der Waals surface area contributed by atoms with E-state index >= 15 is 0 Å². The number of hydrogen-bond acceptors (Lipinski definition) is 10. The monoisotopic (exact) mass is 564 g/mol. The largest absolute Gasteiger partial charge is 0.480 e. The molecule has 3 aromatic carbocycles. The molecule has 11 heteroatoms. The summed E-state index contributed by atoms with van der Waals surface area (Å²) in [5, 5.41) is 6.98. The highest BCUT2D eigenvalue weighted by Crippen LogP contribution is 2.34. The van der Waals surface area contributed by atoms with Crippen molar-refractivity contribution in [2.45, 2.75) is 13.8 Å². The van der Waals surface area contributed by atoms with Crippen LogP contribution in [0.25, 0.3) is 22.0 Å². The number of para-hydroxylation sites is 1. The van der Waals surface area contributed by atoms with Crippen molar-refractivity contribution in [3.05, 3.63) is 89.7 Å². The molecular formula is C31H28N6O5. The van der Waals surface area contributed by atoms with E-state index in [0.717, 1.165) is 16.5 Å². The molecule has 0 aliphatic heterocycles. The van der Waals surface area contributed by atoms with Gasteiger partial charge in [0.15, 0.2) is 0 Å². The Morgan fingerprint density at radius 2 is 1.64 bits per heavy atom. The van der Waals surface area contributed by atoms with E-state index in [2.05, 4.69) is 25.6 Å². The first-order valence-corrected chi connectivity index (χ1v) is 13.1. The molecule has 5 rings (SSSR count). The molecule has 5 aromatic rings. The quantitative estimate of drug-likeness (QED) is 0.218. The van der Waals surface area contributed by atoms with Crippen LogP contribution in [-0.4, -0.2) is 52.6 Å². The molecule has 0 aliphatic rings. The second kappa shape index (κ2) is 12.3. The number of methoxy groups -OCH3 is 2. The zero-order chi connectivity index (χ0) is 29.6. The van der Waals surface area contributed by atoms with Crippen molar-refractivity contribution in [1.29, 1.82) is 0 Å². The summed E-state index contributed by atoms with van der Waals surface area (Å²) in [6.07, 6.45) is 3.36. The van der Waals surface area contributed by atoms with Gasteiger partial charge in [0, 0.05) is 40.3 Å². The lowest BCUT2D eigenvalue weighted by Gasteiger charge is -2.13. The van der Waals surface area contributed by atoms with Gasteiger partial charge in [0.05, 0.1) is 37.5 Å². The molecule has 0 radical (unpaired) electrons. The minimum Gasteiger partial charge on any atom is -0.480 e. The van der Waals surface area contributed by atoms with Gasteiger partial charge in [-0.1, -0.05) is 24.3 Å². The van der Waals surface area contributed by atoms with Crippen LogP contribution in [0.4, 0.5) is 17.3 Å². The second-order valence-electron chi connectivity index (χ2n) is 9.12. The summed E-state index contributed by atoms with van der Waals surface area (Å²) in [6.45, 7) is 3.92. The fourth-order valence-electron chi connectivity index (χ4n) is 4.25. The Kier molecular flexibility index (Phi) is 8.19. The summed E-state index contributed by atoms with van der Waals surface area (Å²) in [6, 6.07) is 17.8. The summed E-state index contributed by atoms with van der Waals surface area (Å²) in [4.78, 5) is 42.6. The number of hydrogen-bond donors (Lipinski definition) is 2. The third kappa shape index (κ3) is 5.94. The molecule has 11 nitrogen and oxygen atoms in total. The average Bonchev–Trinajstić information content (AvgIpc) is 3.02. The van der Waals surface area contributed by atoms with Crippen LogP contribution in [0.1, 0.15) is 33.2 Å². The molecule has 1 amide bonds. The predicted molar refractivity (Wildman–Crippen MR) is 158 cm³/mol. The number of anilines is 3. The van der Waals surface area contributed by atoms with E-state index in [4.69, 9.17) is 19.2 Å². The molecule has 0 atom stereocenters. The molecule has 2 N–H and O–H groups in total. The zero-order valence-corrected chi connectivity index (χ0v) is 23.5. The number of fused-ring (bicyclic) bond motifs is 1. The summed E-state index contributed by atoms with van der Waals surface area (Å²) >= 11 is 0. The number of aromatic nitrogens is 4. The Labute approximate surface area is 241 Å². The van der Waals surface area contributed by atoms with Crippen LogP contribution in [0.15, 0.2) is 73.1 Å². The van der Waals surface area contributed by atoms with E-state index in [-0.39, 0.29) is 18.5 Å². The van der Waals surface area contributed by atoms with Gasteiger partial charge in [-0.15, -0.1) is 0 Å². The number of aryl methyl sites for hydroxylation is 1. The lowest BCUT2D eigenvalue weighted by Crippen LogP contribution is -2.13. The van der Waals surface area contributed by atoms with Crippen LogP contribution in [0.2, 0.25) is 0 Å². The molecule has 0 spiro atoms. The number of rotatable bonds is 9. The normalized spacial score (nSPS) is 10.7. The highest BCUT2D eigenvalue weighted by atomic mass is 16.5. The van der Waals surface area contributed by atoms with Crippen molar-refractivity contribution in [3.63, 3.8) is 0 Å². The summed E-state index contributed by atoms with van der Waals surface area (Å²) in [7, 11) is 3.02. The smallest absolute Gasteiger partial charge is 0.338 e. The molecule has 2 heterocycles. The Balaban J connectivity index is 1.39. The van der Waals surface area contributed by atoms with Crippen LogP contribution in [-0.2, 0) is 4.74 Å². The van der Waals surface area contributed by atoms with Crippen LogP contribution in [0, 0.1) is 6.92 Å². The maximum absolute atomic E-state index is 13.0. The molecule has 2 aromatic heterocycles. The van der Waals surface area contributed by atoms with Gasteiger partial charge >= 0.3 is 12.0 Å². The molecule has 0 saturated heterocycles. The van der Waals surface area contributed by atoms with Crippen LogP contribution < -0.4 is 20.1 Å². The summed E-state index contributed by atoms with van der Waals surface area (Å²) < 4.78 is 15.6. The minimum atomic E-state index is -0.432. The second-order valence-corrected chi connectivity index (χ2v) is 9.12. The number of carbonyl (C=O) groups excluding carboxylic acids is 2. The third-order valence-corrected chi connectivity index (χ3v) is 6.41. The van der Waals surface area contributed by atoms with Crippen molar-refractivity contribution in [3.8, 4) is 23.0 Å². The van der Waals surface area contributed by atoms with Gasteiger partial charge < -0.3 is 24.8 Å². The third-order valence-electron chi connectivity index (χ3n) is 6.41. The molecule has 0 unspecified atom stereocenters. The molecule has 0 fully saturated rings. The summed E-state index contributed by atoms with van der Waals surface area (Å²) in [5.41, 5.74) is 5.04. The van der Waals surface area contributed by atoms with Crippen molar-refractivity contribution in [2.24, 2.45) is 0 Å². The Morgan fingerprint density at radius 3 is 2.38 bits per heavy atom. The van der Waals surface area contributed by atoms with Crippen LogP contribution in [0.3, 0.4) is 0 Å². The van der Waals surface area contributed by atoms with Crippen molar-refractivity contribution < 1.29 is 23.8 Å². The van der Waals surface area contributed by atoms with E-state index in [1.54, 1.807) is 49.6 Å².